The van der Waals surface area contributed by atoms with E-state index in [9.17, 15) is 4.79 Å². The molecule has 2 saturated heterocycles. The van der Waals surface area contributed by atoms with Gasteiger partial charge in [0.2, 0.25) is 6.79 Å². The van der Waals surface area contributed by atoms with Gasteiger partial charge in [-0.3, -0.25) is 0 Å². The maximum Gasteiger partial charge on any atom is 0.317 e. The molecule has 0 atom stereocenters. The molecule has 7 nitrogen and oxygen atoms in total. The second-order valence-electron chi connectivity index (χ2n) is 5.94. The Morgan fingerprint density at radius 2 is 1.87 bits per heavy atom. The quantitative estimate of drug-likeness (QED) is 0.893. The van der Waals surface area contributed by atoms with Crippen LogP contribution < -0.4 is 14.8 Å². The van der Waals surface area contributed by atoms with Crippen LogP contribution in [0.15, 0.2) is 18.2 Å². The van der Waals surface area contributed by atoms with Gasteiger partial charge in [-0.15, -0.1) is 0 Å². The van der Waals surface area contributed by atoms with Crippen molar-refractivity contribution in [1.82, 2.24) is 10.2 Å². The summed E-state index contributed by atoms with van der Waals surface area (Å²) in [6.45, 7) is 3.31. The maximum absolute atomic E-state index is 12.3. The van der Waals surface area contributed by atoms with Crippen LogP contribution in [0.25, 0.3) is 0 Å². The van der Waals surface area contributed by atoms with Gasteiger partial charge in [-0.1, -0.05) is 6.07 Å². The first kappa shape index (κ1) is 14.6. The topological polar surface area (TPSA) is 69.3 Å². The number of hydrogen-bond acceptors (Lipinski definition) is 5. The molecule has 2 amide bonds. The lowest BCUT2D eigenvalue weighted by Crippen LogP contribution is -2.50. The van der Waals surface area contributed by atoms with Crippen LogP contribution in [0.2, 0.25) is 0 Å². The highest BCUT2D eigenvalue weighted by atomic mass is 16.7. The molecule has 4 rings (SSSR count). The molecule has 23 heavy (non-hydrogen) atoms. The standard InChI is InChI=1S/C16H20N2O5/c19-15(18-5-3-16(4-6-18)22-7-8-23-16)17-10-12-1-2-13-14(9-12)21-11-20-13/h1-2,9H,3-8,10-11H2,(H,17,19). The lowest BCUT2D eigenvalue weighted by Gasteiger charge is -2.37. The van der Waals surface area contributed by atoms with Crippen LogP contribution in [-0.4, -0.2) is 49.8 Å². The van der Waals surface area contributed by atoms with Crippen LogP contribution in [0.5, 0.6) is 11.5 Å². The molecule has 0 aromatic heterocycles. The minimum Gasteiger partial charge on any atom is -0.454 e. The van der Waals surface area contributed by atoms with Gasteiger partial charge < -0.3 is 29.2 Å². The van der Waals surface area contributed by atoms with E-state index in [1.807, 2.05) is 23.1 Å². The fourth-order valence-electron chi connectivity index (χ4n) is 3.18. The fraction of sp³-hybridized carbons (Fsp3) is 0.562. The number of likely N-dealkylation sites (tertiary alicyclic amines) is 1. The monoisotopic (exact) mass is 320 g/mol. The second kappa shape index (κ2) is 5.90. The van der Waals surface area contributed by atoms with Crippen molar-refractivity contribution in [3.8, 4) is 11.5 Å². The molecule has 7 heteroatoms. The van der Waals surface area contributed by atoms with Gasteiger partial charge in [0.1, 0.15) is 0 Å². The Balaban J connectivity index is 1.29. The van der Waals surface area contributed by atoms with Crippen LogP contribution in [0.3, 0.4) is 0 Å². The average molecular weight is 320 g/mol. The minimum atomic E-state index is -0.450. The molecule has 2 fully saturated rings. The Kier molecular flexibility index (Phi) is 3.74. The van der Waals surface area contributed by atoms with Crippen molar-refractivity contribution < 1.29 is 23.7 Å². The summed E-state index contributed by atoms with van der Waals surface area (Å²) < 4.78 is 22.0. The van der Waals surface area contributed by atoms with E-state index in [-0.39, 0.29) is 12.8 Å². The lowest BCUT2D eigenvalue weighted by molar-refractivity contribution is -0.181. The highest BCUT2D eigenvalue weighted by Crippen LogP contribution is 2.33. The number of hydrogen-bond donors (Lipinski definition) is 1. The number of carbonyl (C=O) groups is 1. The highest BCUT2D eigenvalue weighted by Gasteiger charge is 2.40. The Morgan fingerprint density at radius 1 is 1.13 bits per heavy atom. The van der Waals surface area contributed by atoms with Gasteiger partial charge in [-0.25, -0.2) is 4.79 Å². The summed E-state index contributed by atoms with van der Waals surface area (Å²) in [7, 11) is 0. The highest BCUT2D eigenvalue weighted by molar-refractivity contribution is 5.74. The minimum absolute atomic E-state index is 0.0597. The maximum atomic E-state index is 12.3. The van der Waals surface area contributed by atoms with E-state index in [4.69, 9.17) is 18.9 Å². The van der Waals surface area contributed by atoms with Gasteiger partial charge in [0, 0.05) is 32.5 Å². The summed E-state index contributed by atoms with van der Waals surface area (Å²) in [5.41, 5.74) is 0.985. The Hall–Kier alpha value is -1.99. The summed E-state index contributed by atoms with van der Waals surface area (Å²) in [4.78, 5) is 14.1. The number of rotatable bonds is 2. The van der Waals surface area contributed by atoms with E-state index in [1.54, 1.807) is 0 Å². The third-order valence-corrected chi connectivity index (χ3v) is 4.51. The summed E-state index contributed by atoms with van der Waals surface area (Å²) in [5, 5.41) is 2.95. The zero-order chi connectivity index (χ0) is 15.7. The van der Waals surface area contributed by atoms with Gasteiger partial charge in [0.15, 0.2) is 17.3 Å². The van der Waals surface area contributed by atoms with E-state index in [0.717, 1.165) is 29.9 Å². The van der Waals surface area contributed by atoms with Crippen molar-refractivity contribution in [3.05, 3.63) is 23.8 Å². The Morgan fingerprint density at radius 3 is 2.65 bits per heavy atom. The van der Waals surface area contributed by atoms with Crippen LogP contribution in [0.4, 0.5) is 4.79 Å². The number of carbonyl (C=O) groups excluding carboxylic acids is 1. The SMILES string of the molecule is O=C(NCc1ccc2c(c1)OCO2)N1CCC2(CC1)OCCO2. The predicted molar refractivity (Wildman–Crippen MR) is 80.2 cm³/mol. The number of fused-ring (bicyclic) bond motifs is 1. The van der Waals surface area contributed by atoms with Gasteiger partial charge in [0.25, 0.3) is 0 Å². The first-order valence-corrected chi connectivity index (χ1v) is 7.93. The third-order valence-electron chi connectivity index (χ3n) is 4.51. The predicted octanol–water partition coefficient (Wildman–Crippen LogP) is 1.46. The molecule has 3 heterocycles. The van der Waals surface area contributed by atoms with E-state index in [1.165, 1.54) is 0 Å². The third kappa shape index (κ3) is 2.94. The zero-order valence-corrected chi connectivity index (χ0v) is 12.9. The van der Waals surface area contributed by atoms with Gasteiger partial charge >= 0.3 is 6.03 Å². The lowest BCUT2D eigenvalue weighted by atomic mass is 10.0. The van der Waals surface area contributed by atoms with Crippen LogP contribution in [-0.2, 0) is 16.0 Å². The van der Waals surface area contributed by atoms with E-state index < -0.39 is 5.79 Å². The molecule has 1 aromatic carbocycles. The van der Waals surface area contributed by atoms with Crippen molar-refractivity contribution in [2.45, 2.75) is 25.2 Å². The molecule has 0 saturated carbocycles. The first-order valence-electron chi connectivity index (χ1n) is 7.93. The van der Waals surface area contributed by atoms with Crippen molar-refractivity contribution in [1.29, 1.82) is 0 Å². The molecule has 0 bridgehead atoms. The molecule has 1 spiro atoms. The molecular formula is C16H20N2O5. The molecule has 3 aliphatic rings. The second-order valence-corrected chi connectivity index (χ2v) is 5.94. The van der Waals surface area contributed by atoms with Crippen LogP contribution >= 0.6 is 0 Å². The molecule has 0 radical (unpaired) electrons. The molecule has 0 aliphatic carbocycles. The number of nitrogens with zero attached hydrogens (tertiary/aromatic N) is 1. The summed E-state index contributed by atoms with van der Waals surface area (Å²) in [6.07, 6.45) is 1.45. The first-order chi connectivity index (χ1) is 11.2. The summed E-state index contributed by atoms with van der Waals surface area (Å²) >= 11 is 0. The van der Waals surface area contributed by atoms with Gasteiger partial charge in [0.05, 0.1) is 13.2 Å². The van der Waals surface area contributed by atoms with Crippen molar-refractivity contribution in [3.63, 3.8) is 0 Å². The van der Waals surface area contributed by atoms with Gasteiger partial charge in [-0.2, -0.15) is 0 Å². The number of nitrogens with one attached hydrogen (secondary N) is 1. The summed E-state index contributed by atoms with van der Waals surface area (Å²) in [5.74, 6) is 1.03. The molecule has 124 valence electrons. The van der Waals surface area contributed by atoms with Crippen LogP contribution in [0.1, 0.15) is 18.4 Å². The number of urea groups is 1. The fourth-order valence-corrected chi connectivity index (χ4v) is 3.18. The summed E-state index contributed by atoms with van der Waals surface area (Å²) in [6, 6.07) is 5.63. The number of amides is 2. The number of benzene rings is 1. The Labute approximate surface area is 134 Å². The molecule has 0 unspecified atom stereocenters. The van der Waals surface area contributed by atoms with Crippen molar-refractivity contribution >= 4 is 6.03 Å². The normalized spacial score (nSPS) is 21.7. The average Bonchev–Trinajstić information content (AvgIpc) is 3.22. The zero-order valence-electron chi connectivity index (χ0n) is 12.9. The molecule has 3 aliphatic heterocycles. The Bertz CT molecular complexity index is 590. The number of ether oxygens (including phenoxy) is 4. The van der Waals surface area contributed by atoms with Crippen molar-refractivity contribution in [2.24, 2.45) is 0 Å². The van der Waals surface area contributed by atoms with Crippen molar-refractivity contribution in [2.75, 3.05) is 33.1 Å². The largest absolute Gasteiger partial charge is 0.454 e. The van der Waals surface area contributed by atoms with E-state index in [0.29, 0.717) is 32.8 Å². The smallest absolute Gasteiger partial charge is 0.317 e. The molecule has 1 N–H and O–H groups in total. The number of piperidine rings is 1. The molecule has 1 aromatic rings. The van der Waals surface area contributed by atoms with E-state index >= 15 is 0 Å². The van der Waals surface area contributed by atoms with E-state index in [2.05, 4.69) is 5.32 Å². The molecular weight excluding hydrogens is 300 g/mol. The van der Waals surface area contributed by atoms with Gasteiger partial charge in [-0.05, 0) is 17.7 Å². The van der Waals surface area contributed by atoms with Crippen LogP contribution in [0, 0.1) is 0 Å².